The van der Waals surface area contributed by atoms with Crippen molar-refractivity contribution in [2.24, 2.45) is 0 Å². The number of rotatable bonds is 8. The SMILES string of the molecule is CC[C@@H](CO)NC(=O)CCCOc1cccc(C)c1. The lowest BCUT2D eigenvalue weighted by Gasteiger charge is -2.13. The first-order valence-corrected chi connectivity index (χ1v) is 6.75. The van der Waals surface area contributed by atoms with Crippen molar-refractivity contribution < 1.29 is 14.6 Å². The monoisotopic (exact) mass is 265 g/mol. The number of aryl methyl sites for hydroxylation is 1. The van der Waals surface area contributed by atoms with Gasteiger partial charge in [-0.1, -0.05) is 19.1 Å². The maximum Gasteiger partial charge on any atom is 0.220 e. The lowest BCUT2D eigenvalue weighted by Crippen LogP contribution is -2.36. The van der Waals surface area contributed by atoms with Crippen LogP contribution in [0.25, 0.3) is 0 Å². The van der Waals surface area contributed by atoms with Crippen LogP contribution in [0.2, 0.25) is 0 Å². The van der Waals surface area contributed by atoms with Gasteiger partial charge in [0, 0.05) is 6.42 Å². The minimum absolute atomic E-state index is 0.0119. The van der Waals surface area contributed by atoms with E-state index >= 15 is 0 Å². The highest BCUT2D eigenvalue weighted by Gasteiger charge is 2.08. The Labute approximate surface area is 114 Å². The number of benzene rings is 1. The molecule has 106 valence electrons. The molecule has 1 aromatic carbocycles. The van der Waals surface area contributed by atoms with E-state index in [9.17, 15) is 4.79 Å². The summed E-state index contributed by atoms with van der Waals surface area (Å²) in [6, 6.07) is 7.71. The van der Waals surface area contributed by atoms with Gasteiger partial charge in [-0.25, -0.2) is 0 Å². The number of carbonyl (C=O) groups excluding carboxylic acids is 1. The Morgan fingerprint density at radius 3 is 2.89 bits per heavy atom. The maximum absolute atomic E-state index is 11.6. The van der Waals surface area contributed by atoms with Gasteiger partial charge in [0.2, 0.25) is 5.91 Å². The summed E-state index contributed by atoms with van der Waals surface area (Å²) < 4.78 is 5.57. The molecule has 0 radical (unpaired) electrons. The fourth-order valence-electron chi connectivity index (χ4n) is 1.70. The van der Waals surface area contributed by atoms with Crippen LogP contribution in [0.5, 0.6) is 5.75 Å². The molecule has 2 N–H and O–H groups in total. The second-order valence-electron chi connectivity index (χ2n) is 4.62. The molecule has 0 aliphatic carbocycles. The lowest BCUT2D eigenvalue weighted by molar-refractivity contribution is -0.122. The molecule has 0 saturated heterocycles. The summed E-state index contributed by atoms with van der Waals surface area (Å²) >= 11 is 0. The quantitative estimate of drug-likeness (QED) is 0.707. The van der Waals surface area contributed by atoms with Crippen LogP contribution in [-0.4, -0.2) is 30.3 Å². The maximum atomic E-state index is 11.6. The Morgan fingerprint density at radius 1 is 1.47 bits per heavy atom. The van der Waals surface area contributed by atoms with Crippen LogP contribution < -0.4 is 10.1 Å². The zero-order chi connectivity index (χ0) is 14.1. The highest BCUT2D eigenvalue weighted by molar-refractivity contribution is 5.76. The van der Waals surface area contributed by atoms with E-state index in [1.54, 1.807) is 0 Å². The number of amides is 1. The van der Waals surface area contributed by atoms with Crippen LogP contribution in [0.4, 0.5) is 0 Å². The van der Waals surface area contributed by atoms with E-state index in [2.05, 4.69) is 5.32 Å². The van der Waals surface area contributed by atoms with E-state index in [1.807, 2.05) is 38.1 Å². The van der Waals surface area contributed by atoms with Crippen LogP contribution in [0.15, 0.2) is 24.3 Å². The van der Waals surface area contributed by atoms with Gasteiger partial charge in [-0.3, -0.25) is 4.79 Å². The third-order valence-corrected chi connectivity index (χ3v) is 2.88. The molecule has 0 saturated carbocycles. The standard InChI is InChI=1S/C15H23NO3/c1-3-13(11-17)16-15(18)8-5-9-19-14-7-4-6-12(2)10-14/h4,6-7,10,13,17H,3,5,8-9,11H2,1-2H3,(H,16,18)/t13-/m0/s1. The summed E-state index contributed by atoms with van der Waals surface area (Å²) in [5, 5.41) is 11.8. The summed E-state index contributed by atoms with van der Waals surface area (Å²) in [4.78, 5) is 11.6. The van der Waals surface area contributed by atoms with Gasteiger partial charge in [0.25, 0.3) is 0 Å². The molecule has 0 bridgehead atoms. The van der Waals surface area contributed by atoms with Gasteiger partial charge in [-0.15, -0.1) is 0 Å². The van der Waals surface area contributed by atoms with E-state index < -0.39 is 0 Å². The molecule has 1 rings (SSSR count). The Kier molecular flexibility index (Phi) is 6.97. The number of hydrogen-bond acceptors (Lipinski definition) is 3. The molecule has 0 spiro atoms. The van der Waals surface area contributed by atoms with Gasteiger partial charge in [-0.05, 0) is 37.5 Å². The van der Waals surface area contributed by atoms with Crippen molar-refractivity contribution in [1.29, 1.82) is 0 Å². The minimum atomic E-state index is -0.134. The molecule has 4 heteroatoms. The molecule has 1 aromatic rings. The fourth-order valence-corrected chi connectivity index (χ4v) is 1.70. The number of aliphatic hydroxyl groups excluding tert-OH is 1. The first-order valence-electron chi connectivity index (χ1n) is 6.75. The van der Waals surface area contributed by atoms with Crippen LogP contribution in [0.1, 0.15) is 31.7 Å². The van der Waals surface area contributed by atoms with Crippen molar-refractivity contribution in [2.75, 3.05) is 13.2 Å². The second-order valence-corrected chi connectivity index (χ2v) is 4.62. The fraction of sp³-hybridized carbons (Fsp3) is 0.533. The van der Waals surface area contributed by atoms with E-state index in [-0.39, 0.29) is 18.6 Å². The van der Waals surface area contributed by atoms with Crippen molar-refractivity contribution in [2.45, 2.75) is 39.2 Å². The molecule has 1 atom stereocenters. The Balaban J connectivity index is 2.18. The molecule has 4 nitrogen and oxygen atoms in total. The van der Waals surface area contributed by atoms with Crippen LogP contribution >= 0.6 is 0 Å². The highest BCUT2D eigenvalue weighted by Crippen LogP contribution is 2.12. The zero-order valence-corrected chi connectivity index (χ0v) is 11.7. The van der Waals surface area contributed by atoms with E-state index in [0.29, 0.717) is 19.4 Å². The Bertz CT molecular complexity index is 389. The normalized spacial score (nSPS) is 11.9. The van der Waals surface area contributed by atoms with Gasteiger partial charge in [0.05, 0.1) is 19.3 Å². The summed E-state index contributed by atoms with van der Waals surface area (Å²) in [7, 11) is 0. The molecule has 0 fully saturated rings. The van der Waals surface area contributed by atoms with E-state index in [1.165, 1.54) is 0 Å². The molecule has 0 aromatic heterocycles. The van der Waals surface area contributed by atoms with Gasteiger partial charge >= 0.3 is 0 Å². The first-order chi connectivity index (χ1) is 9.15. The van der Waals surface area contributed by atoms with Gasteiger partial charge in [-0.2, -0.15) is 0 Å². The summed E-state index contributed by atoms with van der Waals surface area (Å²) in [5.41, 5.74) is 1.16. The number of aliphatic hydroxyl groups is 1. The summed E-state index contributed by atoms with van der Waals surface area (Å²) in [6.07, 6.45) is 1.83. The largest absolute Gasteiger partial charge is 0.494 e. The summed E-state index contributed by atoms with van der Waals surface area (Å²) in [6.45, 7) is 4.46. The van der Waals surface area contributed by atoms with Crippen LogP contribution in [-0.2, 0) is 4.79 Å². The van der Waals surface area contributed by atoms with Crippen LogP contribution in [0.3, 0.4) is 0 Å². The third kappa shape index (κ3) is 6.25. The van der Waals surface area contributed by atoms with E-state index in [0.717, 1.165) is 17.7 Å². The Morgan fingerprint density at radius 2 is 2.26 bits per heavy atom. The number of nitrogens with one attached hydrogen (secondary N) is 1. The Hall–Kier alpha value is -1.55. The lowest BCUT2D eigenvalue weighted by atomic mass is 10.2. The third-order valence-electron chi connectivity index (χ3n) is 2.88. The highest BCUT2D eigenvalue weighted by atomic mass is 16.5. The summed E-state index contributed by atoms with van der Waals surface area (Å²) in [5.74, 6) is 0.802. The number of carbonyl (C=O) groups is 1. The number of ether oxygens (including phenoxy) is 1. The average Bonchev–Trinajstić information content (AvgIpc) is 2.41. The van der Waals surface area contributed by atoms with E-state index in [4.69, 9.17) is 9.84 Å². The van der Waals surface area contributed by atoms with Crippen molar-refractivity contribution in [3.05, 3.63) is 29.8 Å². The molecule has 1 amide bonds. The number of hydrogen-bond donors (Lipinski definition) is 2. The topological polar surface area (TPSA) is 58.6 Å². The molecule has 19 heavy (non-hydrogen) atoms. The predicted octanol–water partition coefficient (Wildman–Crippen LogP) is 2.04. The van der Waals surface area contributed by atoms with Crippen LogP contribution in [0, 0.1) is 6.92 Å². The zero-order valence-electron chi connectivity index (χ0n) is 11.7. The molecule has 0 heterocycles. The second kappa shape index (κ2) is 8.53. The van der Waals surface area contributed by atoms with Crippen molar-refractivity contribution in [3.8, 4) is 5.75 Å². The molecule has 0 aliphatic heterocycles. The molecule has 0 unspecified atom stereocenters. The molecular formula is C15H23NO3. The van der Waals surface area contributed by atoms with Gasteiger partial charge < -0.3 is 15.2 Å². The van der Waals surface area contributed by atoms with Gasteiger partial charge in [0.1, 0.15) is 5.75 Å². The average molecular weight is 265 g/mol. The smallest absolute Gasteiger partial charge is 0.220 e. The molecular weight excluding hydrogens is 242 g/mol. The first kappa shape index (κ1) is 15.5. The van der Waals surface area contributed by atoms with Gasteiger partial charge in [0.15, 0.2) is 0 Å². The van der Waals surface area contributed by atoms with Crippen molar-refractivity contribution >= 4 is 5.91 Å². The molecule has 0 aliphatic rings. The van der Waals surface area contributed by atoms with Crippen molar-refractivity contribution in [3.63, 3.8) is 0 Å². The minimum Gasteiger partial charge on any atom is -0.494 e. The van der Waals surface area contributed by atoms with Crippen molar-refractivity contribution in [1.82, 2.24) is 5.32 Å². The predicted molar refractivity (Wildman–Crippen MR) is 75.2 cm³/mol.